The van der Waals surface area contributed by atoms with Crippen molar-refractivity contribution in [1.29, 1.82) is 0 Å². The Hall–Kier alpha value is -1.59. The van der Waals surface area contributed by atoms with Gasteiger partial charge in [0.25, 0.3) is 0 Å². The Kier molecular flexibility index (Phi) is 1.17. The van der Waals surface area contributed by atoms with E-state index in [0.29, 0.717) is 0 Å². The lowest BCUT2D eigenvalue weighted by molar-refractivity contribution is -0.658. The normalized spacial score (nSPS) is 63.2. The topological polar surface area (TPSA) is 89.9 Å². The standard InChI is InChI=1S/C13H12O6/c1-18-9(16)11-3-4-6(11)13(8(14)15)7(11)5(3)12(4,13)10(17)19-2/h3-7H,1-2H3,(H,14,15). The maximum absolute atomic E-state index is 12.0. The molecule has 0 aliphatic heterocycles. The number of methoxy groups -OCH3 is 2. The molecule has 4 unspecified atom stereocenters. The van der Waals surface area contributed by atoms with Crippen LogP contribution in [0.1, 0.15) is 0 Å². The largest absolute Gasteiger partial charge is 0.481 e. The van der Waals surface area contributed by atoms with Gasteiger partial charge in [-0.25, -0.2) is 0 Å². The van der Waals surface area contributed by atoms with Crippen LogP contribution in [-0.2, 0) is 23.9 Å². The average Bonchev–Trinajstić information content (AvgIpc) is 2.43. The highest BCUT2D eigenvalue weighted by atomic mass is 16.5. The van der Waals surface area contributed by atoms with Gasteiger partial charge in [0, 0.05) is 0 Å². The van der Waals surface area contributed by atoms with Gasteiger partial charge in [-0.3, -0.25) is 14.4 Å². The molecule has 0 spiro atoms. The van der Waals surface area contributed by atoms with Gasteiger partial charge in [0.1, 0.15) is 0 Å². The van der Waals surface area contributed by atoms with Gasteiger partial charge in [-0.15, -0.1) is 0 Å². The molecule has 6 nitrogen and oxygen atoms in total. The monoisotopic (exact) mass is 264 g/mol. The number of carboxylic acid groups (broad SMARTS) is 1. The van der Waals surface area contributed by atoms with E-state index in [1.54, 1.807) is 0 Å². The molecule has 0 radical (unpaired) electrons. The molecule has 100 valence electrons. The van der Waals surface area contributed by atoms with Crippen molar-refractivity contribution < 1.29 is 29.0 Å². The van der Waals surface area contributed by atoms with Gasteiger partial charge in [0.15, 0.2) is 0 Å². The minimum Gasteiger partial charge on any atom is -0.481 e. The smallest absolute Gasteiger partial charge is 0.313 e. The first-order valence-electron chi connectivity index (χ1n) is 6.41. The lowest BCUT2D eigenvalue weighted by atomic mass is 8.88. The zero-order valence-corrected chi connectivity index (χ0v) is 10.4. The van der Waals surface area contributed by atoms with Crippen molar-refractivity contribution in [2.24, 2.45) is 45.8 Å². The van der Waals surface area contributed by atoms with E-state index in [0.717, 1.165) is 0 Å². The van der Waals surface area contributed by atoms with E-state index < -0.39 is 28.2 Å². The highest BCUT2D eigenvalue weighted by Gasteiger charge is 3.21. The van der Waals surface area contributed by atoms with Crippen molar-refractivity contribution in [2.75, 3.05) is 14.2 Å². The fraction of sp³-hybridized carbons (Fsp3) is 0.769. The van der Waals surface area contributed by atoms with E-state index in [1.165, 1.54) is 14.2 Å². The third kappa shape index (κ3) is 0.446. The molecule has 19 heavy (non-hydrogen) atoms. The minimum atomic E-state index is -1.03. The SMILES string of the molecule is COC(=O)C12C3C4C1C1(C(=O)O)C2C3C41C(=O)OC. The molecule has 6 rings (SSSR count). The Morgan fingerprint density at radius 2 is 1.42 bits per heavy atom. The summed E-state index contributed by atoms with van der Waals surface area (Å²) in [6, 6.07) is 0. The molecular weight excluding hydrogens is 252 g/mol. The average molecular weight is 264 g/mol. The molecule has 0 aromatic heterocycles. The highest BCUT2D eigenvalue weighted by Crippen LogP contribution is 3.14. The van der Waals surface area contributed by atoms with E-state index >= 15 is 0 Å². The third-order valence-electron chi connectivity index (χ3n) is 7.21. The number of hydrogen-bond donors (Lipinski definition) is 1. The lowest BCUT2D eigenvalue weighted by Crippen LogP contribution is -3.17. The predicted octanol–water partition coefficient (Wildman–Crippen LogP) is -0.475. The summed E-state index contributed by atoms with van der Waals surface area (Å²) in [4.78, 5) is 35.7. The number of carbonyl (C=O) groups excluding carboxylic acids is 2. The number of esters is 2. The van der Waals surface area contributed by atoms with Gasteiger partial charge in [0.2, 0.25) is 0 Å². The van der Waals surface area contributed by atoms with E-state index in [1.807, 2.05) is 0 Å². The first kappa shape index (κ1) is 10.2. The zero-order chi connectivity index (χ0) is 13.5. The fourth-order valence-corrected chi connectivity index (χ4v) is 7.30. The summed E-state index contributed by atoms with van der Waals surface area (Å²) in [6.07, 6.45) is 0. The summed E-state index contributed by atoms with van der Waals surface area (Å²) in [5.41, 5.74) is -2.42. The number of ether oxygens (including phenoxy) is 2. The summed E-state index contributed by atoms with van der Waals surface area (Å²) >= 11 is 0. The van der Waals surface area contributed by atoms with Crippen LogP contribution in [0.15, 0.2) is 0 Å². The lowest BCUT2D eigenvalue weighted by Gasteiger charge is -3.11. The fourth-order valence-electron chi connectivity index (χ4n) is 7.30. The van der Waals surface area contributed by atoms with E-state index in [4.69, 9.17) is 9.47 Å². The van der Waals surface area contributed by atoms with Crippen molar-refractivity contribution in [3.63, 3.8) is 0 Å². The molecule has 0 amide bonds. The van der Waals surface area contributed by atoms with Crippen molar-refractivity contribution in [1.82, 2.24) is 0 Å². The molecule has 0 aromatic carbocycles. The Labute approximate surface area is 108 Å². The van der Waals surface area contributed by atoms with Crippen LogP contribution < -0.4 is 0 Å². The van der Waals surface area contributed by atoms with Crippen molar-refractivity contribution in [3.8, 4) is 0 Å². The van der Waals surface area contributed by atoms with Crippen LogP contribution in [0.25, 0.3) is 0 Å². The molecule has 6 aliphatic rings. The van der Waals surface area contributed by atoms with Gasteiger partial charge in [0.05, 0.1) is 30.5 Å². The van der Waals surface area contributed by atoms with Crippen LogP contribution in [0.5, 0.6) is 0 Å². The second-order valence-corrected chi connectivity index (χ2v) is 6.49. The number of carbonyl (C=O) groups is 3. The van der Waals surface area contributed by atoms with Crippen molar-refractivity contribution >= 4 is 17.9 Å². The molecule has 6 saturated carbocycles. The molecule has 0 aromatic rings. The van der Waals surface area contributed by atoms with Gasteiger partial charge in [-0.1, -0.05) is 0 Å². The van der Waals surface area contributed by atoms with Crippen LogP contribution in [0, 0.1) is 45.8 Å². The molecule has 6 heteroatoms. The second-order valence-electron chi connectivity index (χ2n) is 6.49. The number of carboxylic acids is 1. The molecule has 1 N–H and O–H groups in total. The molecule has 6 aliphatic carbocycles. The number of aliphatic carboxylic acids is 1. The quantitative estimate of drug-likeness (QED) is 0.693. The maximum atomic E-state index is 12.0. The molecule has 0 heterocycles. The van der Waals surface area contributed by atoms with Crippen LogP contribution in [0.4, 0.5) is 0 Å². The van der Waals surface area contributed by atoms with E-state index in [-0.39, 0.29) is 35.6 Å². The number of rotatable bonds is 3. The summed E-state index contributed by atoms with van der Waals surface area (Å²) < 4.78 is 9.69. The molecule has 6 fully saturated rings. The van der Waals surface area contributed by atoms with Crippen LogP contribution in [0.3, 0.4) is 0 Å². The third-order valence-corrected chi connectivity index (χ3v) is 7.21. The van der Waals surface area contributed by atoms with Gasteiger partial charge in [-0.2, -0.15) is 0 Å². The Bertz CT molecular complexity index is 586. The summed E-state index contributed by atoms with van der Waals surface area (Å²) in [5.74, 6) is -1.81. The van der Waals surface area contributed by atoms with Crippen molar-refractivity contribution in [2.45, 2.75) is 0 Å². The van der Waals surface area contributed by atoms with E-state index in [9.17, 15) is 19.5 Å². The first-order chi connectivity index (χ1) is 9.01. The second kappa shape index (κ2) is 2.17. The Morgan fingerprint density at radius 1 is 0.895 bits per heavy atom. The molecule has 0 saturated heterocycles. The highest BCUT2D eigenvalue weighted by molar-refractivity contribution is 6.06. The molecule has 4 atom stereocenters. The van der Waals surface area contributed by atoms with Gasteiger partial charge in [-0.05, 0) is 29.6 Å². The van der Waals surface area contributed by atoms with Gasteiger partial charge >= 0.3 is 17.9 Å². The number of hydrogen-bond acceptors (Lipinski definition) is 5. The summed E-state index contributed by atoms with van der Waals surface area (Å²) in [6.45, 7) is 0. The van der Waals surface area contributed by atoms with E-state index in [2.05, 4.69) is 0 Å². The Balaban J connectivity index is 1.64. The Morgan fingerprint density at radius 3 is 1.84 bits per heavy atom. The predicted molar refractivity (Wildman–Crippen MR) is 56.4 cm³/mol. The zero-order valence-electron chi connectivity index (χ0n) is 10.4. The molecule has 0 bridgehead atoms. The van der Waals surface area contributed by atoms with Crippen molar-refractivity contribution in [3.05, 3.63) is 0 Å². The summed E-state index contributed by atoms with van der Waals surface area (Å²) in [5, 5.41) is 9.58. The summed E-state index contributed by atoms with van der Waals surface area (Å²) in [7, 11) is 2.64. The minimum absolute atomic E-state index is 0.0325. The van der Waals surface area contributed by atoms with Crippen LogP contribution in [0.2, 0.25) is 0 Å². The first-order valence-corrected chi connectivity index (χ1v) is 6.41. The van der Waals surface area contributed by atoms with Crippen LogP contribution >= 0.6 is 0 Å². The maximum Gasteiger partial charge on any atom is 0.313 e. The molecular formula is C13H12O6. The van der Waals surface area contributed by atoms with Gasteiger partial charge < -0.3 is 14.6 Å². The van der Waals surface area contributed by atoms with Crippen LogP contribution in [-0.4, -0.2) is 37.2 Å².